The van der Waals surface area contributed by atoms with E-state index in [4.69, 9.17) is 14.2 Å². The molecule has 0 fully saturated rings. The fraction of sp³-hybridized carbons (Fsp3) is 0.333. The Hall–Kier alpha value is -3.10. The number of carbonyl (C=O) groups excluding carboxylic acids is 1. The second-order valence-corrected chi connectivity index (χ2v) is 5.13. The zero-order chi connectivity index (χ0) is 17.3. The van der Waals surface area contributed by atoms with Gasteiger partial charge in [-0.05, 0) is 16.5 Å². The largest absolute Gasteiger partial charge is 0.493 e. The summed E-state index contributed by atoms with van der Waals surface area (Å²) in [5, 5.41) is 14.5. The van der Waals surface area contributed by atoms with Gasteiger partial charge in [-0.15, -0.1) is 0 Å². The van der Waals surface area contributed by atoms with Gasteiger partial charge in [0.2, 0.25) is 5.95 Å². The summed E-state index contributed by atoms with van der Waals surface area (Å²) in [5.41, 5.74) is 1.13. The number of rotatable bonds is 4. The number of nitrogens with one attached hydrogen (secondary N) is 1. The molecule has 3 rings (SSSR count). The van der Waals surface area contributed by atoms with Gasteiger partial charge in [-0.25, -0.2) is 4.68 Å². The molecule has 0 bridgehead atoms. The molecule has 1 aliphatic heterocycles. The van der Waals surface area contributed by atoms with Crippen molar-refractivity contribution in [3.05, 3.63) is 36.0 Å². The standard InChI is InChI=1S/C15H17N5O4/c1-8-11(14(21)24-4)12(20-15(16-8)17-18-19-20)9-6-5-7-10(22-2)13(9)23-3/h5-7,11-12H,1H2,2-4H3,(H,16,17,19). The monoisotopic (exact) mass is 331 g/mol. The maximum Gasteiger partial charge on any atom is 0.317 e. The first-order valence-corrected chi connectivity index (χ1v) is 7.14. The molecule has 1 aromatic carbocycles. The molecule has 0 amide bonds. The number of esters is 1. The molecule has 2 aromatic rings. The Morgan fingerprint density at radius 2 is 2.08 bits per heavy atom. The third kappa shape index (κ3) is 2.34. The third-order valence-corrected chi connectivity index (χ3v) is 3.93. The summed E-state index contributed by atoms with van der Waals surface area (Å²) in [6.45, 7) is 3.92. The van der Waals surface area contributed by atoms with Crippen LogP contribution in [0.15, 0.2) is 30.5 Å². The van der Waals surface area contributed by atoms with E-state index in [0.29, 0.717) is 28.7 Å². The van der Waals surface area contributed by atoms with Crippen molar-refractivity contribution in [1.29, 1.82) is 0 Å². The Kier molecular flexibility index (Phi) is 4.07. The molecule has 126 valence electrons. The van der Waals surface area contributed by atoms with Gasteiger partial charge in [0.25, 0.3) is 0 Å². The van der Waals surface area contributed by atoms with Crippen LogP contribution >= 0.6 is 0 Å². The maximum absolute atomic E-state index is 12.4. The lowest BCUT2D eigenvalue weighted by molar-refractivity contribution is -0.145. The number of hydrogen-bond donors (Lipinski definition) is 1. The van der Waals surface area contributed by atoms with Gasteiger partial charge in [-0.2, -0.15) is 0 Å². The van der Waals surface area contributed by atoms with Crippen LogP contribution in [0.25, 0.3) is 0 Å². The number of tetrazole rings is 1. The van der Waals surface area contributed by atoms with E-state index in [1.807, 2.05) is 6.07 Å². The lowest BCUT2D eigenvalue weighted by Gasteiger charge is -2.33. The van der Waals surface area contributed by atoms with Crippen LogP contribution in [0.5, 0.6) is 11.5 Å². The Balaban J connectivity index is 2.23. The first-order valence-electron chi connectivity index (χ1n) is 7.14. The summed E-state index contributed by atoms with van der Waals surface area (Å²) in [6.07, 6.45) is 0. The van der Waals surface area contributed by atoms with Crippen LogP contribution in [0.4, 0.5) is 5.95 Å². The molecule has 24 heavy (non-hydrogen) atoms. The molecular weight excluding hydrogens is 314 g/mol. The van der Waals surface area contributed by atoms with Gasteiger partial charge in [0.05, 0.1) is 21.3 Å². The second-order valence-electron chi connectivity index (χ2n) is 5.13. The van der Waals surface area contributed by atoms with Crippen LogP contribution < -0.4 is 14.8 Å². The van der Waals surface area contributed by atoms with Crippen molar-refractivity contribution in [3.8, 4) is 11.5 Å². The van der Waals surface area contributed by atoms with Crippen molar-refractivity contribution in [2.45, 2.75) is 6.04 Å². The smallest absolute Gasteiger partial charge is 0.317 e. The Bertz CT molecular complexity index is 788. The molecule has 1 aliphatic rings. The fourth-order valence-electron chi connectivity index (χ4n) is 2.87. The van der Waals surface area contributed by atoms with E-state index in [1.54, 1.807) is 19.2 Å². The minimum atomic E-state index is -0.730. The molecule has 2 heterocycles. The SMILES string of the molecule is C=C1Nc2nnnn2C(c2cccc(OC)c2OC)C1C(=O)OC. The van der Waals surface area contributed by atoms with Crippen molar-refractivity contribution in [2.75, 3.05) is 26.6 Å². The number of anilines is 1. The molecular formula is C15H17N5O4. The van der Waals surface area contributed by atoms with Crippen molar-refractivity contribution in [3.63, 3.8) is 0 Å². The quantitative estimate of drug-likeness (QED) is 0.829. The van der Waals surface area contributed by atoms with Crippen LogP contribution in [-0.2, 0) is 9.53 Å². The Labute approximate surface area is 138 Å². The number of benzene rings is 1. The van der Waals surface area contributed by atoms with Gasteiger partial charge in [0, 0.05) is 11.3 Å². The number of hydrogen-bond acceptors (Lipinski definition) is 8. The highest BCUT2D eigenvalue weighted by Crippen LogP contribution is 2.43. The van der Waals surface area contributed by atoms with Crippen molar-refractivity contribution >= 4 is 11.9 Å². The van der Waals surface area contributed by atoms with Gasteiger partial charge >= 0.3 is 5.97 Å². The van der Waals surface area contributed by atoms with E-state index in [-0.39, 0.29) is 0 Å². The molecule has 9 nitrogen and oxygen atoms in total. The molecule has 9 heteroatoms. The van der Waals surface area contributed by atoms with Crippen LogP contribution in [0.2, 0.25) is 0 Å². The van der Waals surface area contributed by atoms with E-state index in [1.165, 1.54) is 18.9 Å². The molecule has 0 aliphatic carbocycles. The first kappa shape index (κ1) is 15.8. The van der Waals surface area contributed by atoms with Crippen molar-refractivity contribution in [1.82, 2.24) is 20.2 Å². The normalized spacial score (nSPS) is 19.2. The van der Waals surface area contributed by atoms with Crippen molar-refractivity contribution in [2.24, 2.45) is 5.92 Å². The number of ether oxygens (including phenoxy) is 3. The van der Waals surface area contributed by atoms with Crippen LogP contribution in [0, 0.1) is 5.92 Å². The highest BCUT2D eigenvalue weighted by Gasteiger charge is 2.42. The zero-order valence-electron chi connectivity index (χ0n) is 13.5. The van der Waals surface area contributed by atoms with E-state index >= 15 is 0 Å². The summed E-state index contributed by atoms with van der Waals surface area (Å²) < 4.78 is 17.3. The first-order chi connectivity index (χ1) is 11.6. The summed E-state index contributed by atoms with van der Waals surface area (Å²) >= 11 is 0. The minimum Gasteiger partial charge on any atom is -0.493 e. The fourth-order valence-corrected chi connectivity index (χ4v) is 2.87. The molecule has 0 spiro atoms. The minimum absolute atomic E-state index is 0.384. The van der Waals surface area contributed by atoms with E-state index in [9.17, 15) is 4.79 Å². The zero-order valence-corrected chi connectivity index (χ0v) is 13.5. The highest BCUT2D eigenvalue weighted by molar-refractivity contribution is 5.79. The summed E-state index contributed by atoms with van der Waals surface area (Å²) in [4.78, 5) is 12.4. The highest BCUT2D eigenvalue weighted by atomic mass is 16.5. The summed E-state index contributed by atoms with van der Waals surface area (Å²) in [7, 11) is 4.40. The second kappa shape index (κ2) is 6.19. The maximum atomic E-state index is 12.4. The number of aromatic nitrogens is 4. The van der Waals surface area contributed by atoms with Crippen LogP contribution in [-0.4, -0.2) is 47.5 Å². The van der Waals surface area contributed by atoms with Gasteiger partial charge in [0.1, 0.15) is 12.0 Å². The number of fused-ring (bicyclic) bond motifs is 1. The number of nitrogens with zero attached hydrogens (tertiary/aromatic N) is 4. The van der Waals surface area contributed by atoms with Crippen LogP contribution in [0.3, 0.4) is 0 Å². The third-order valence-electron chi connectivity index (χ3n) is 3.93. The molecule has 1 N–H and O–H groups in total. The van der Waals surface area contributed by atoms with E-state index in [2.05, 4.69) is 27.4 Å². The van der Waals surface area contributed by atoms with Gasteiger partial charge in [-0.3, -0.25) is 4.79 Å². The molecule has 1 aromatic heterocycles. The molecule has 0 saturated carbocycles. The average Bonchev–Trinajstić information content (AvgIpc) is 3.06. The van der Waals surface area contributed by atoms with Crippen molar-refractivity contribution < 1.29 is 19.0 Å². The van der Waals surface area contributed by atoms with E-state index in [0.717, 1.165) is 0 Å². The molecule has 0 saturated heterocycles. The van der Waals surface area contributed by atoms with E-state index < -0.39 is 17.9 Å². The Morgan fingerprint density at radius 3 is 2.75 bits per heavy atom. The topological polar surface area (TPSA) is 100 Å². The van der Waals surface area contributed by atoms with Gasteiger partial charge in [-0.1, -0.05) is 23.8 Å². The predicted octanol–water partition coefficient (Wildman–Crippen LogP) is 1.01. The number of carbonyl (C=O) groups is 1. The van der Waals surface area contributed by atoms with Crippen LogP contribution in [0.1, 0.15) is 11.6 Å². The number of methoxy groups -OCH3 is 3. The summed E-state index contributed by atoms with van der Waals surface area (Å²) in [6, 6.07) is 4.82. The van der Waals surface area contributed by atoms with Gasteiger partial charge in [0.15, 0.2) is 11.5 Å². The summed E-state index contributed by atoms with van der Waals surface area (Å²) in [5.74, 6) is 0.234. The molecule has 0 radical (unpaired) electrons. The number of para-hydroxylation sites is 1. The Morgan fingerprint density at radius 1 is 1.29 bits per heavy atom. The molecule has 2 unspecified atom stereocenters. The molecule has 2 atom stereocenters. The average molecular weight is 331 g/mol. The predicted molar refractivity (Wildman–Crippen MR) is 83.8 cm³/mol. The lowest BCUT2D eigenvalue weighted by atomic mass is 9.88. The van der Waals surface area contributed by atoms with Gasteiger partial charge < -0.3 is 19.5 Å². The lowest BCUT2D eigenvalue weighted by Crippen LogP contribution is -2.37.